The molecular formula is C21H17N3O3. The number of aromatic hydroxyl groups is 1. The van der Waals surface area contributed by atoms with Crippen LogP contribution < -0.4 is 11.2 Å². The summed E-state index contributed by atoms with van der Waals surface area (Å²) in [7, 11) is 0. The number of allylic oxidation sites excluding steroid dienone is 1. The predicted octanol–water partition coefficient (Wildman–Crippen LogP) is 3.05. The van der Waals surface area contributed by atoms with Crippen molar-refractivity contribution in [3.8, 4) is 11.6 Å². The van der Waals surface area contributed by atoms with Crippen LogP contribution in [-0.4, -0.2) is 20.9 Å². The van der Waals surface area contributed by atoms with E-state index in [9.17, 15) is 14.7 Å². The SMILES string of the molecule is CCc1ccc(-n2c(O)c(/C=C3\C=Nc4ccccc43)c(=O)[nH]c2=O)cc1. The van der Waals surface area contributed by atoms with E-state index in [1.165, 1.54) is 0 Å². The lowest BCUT2D eigenvalue weighted by Crippen LogP contribution is -2.30. The predicted molar refractivity (Wildman–Crippen MR) is 106 cm³/mol. The number of nitrogens with one attached hydrogen (secondary N) is 1. The highest BCUT2D eigenvalue weighted by Gasteiger charge is 2.17. The Morgan fingerprint density at radius 3 is 2.59 bits per heavy atom. The number of H-pyrrole nitrogens is 1. The standard InChI is InChI=1S/C21H17N3O3/c1-2-13-7-9-15(10-8-13)24-20(26)17(19(25)23-21(24)27)11-14-12-22-18-6-4-3-5-16(14)18/h3-12,26H,2H2,1H3,(H,23,25,27)/b14-11+. The lowest BCUT2D eigenvalue weighted by molar-refractivity contribution is 0.429. The number of hydrogen-bond acceptors (Lipinski definition) is 4. The van der Waals surface area contributed by atoms with E-state index in [0.29, 0.717) is 11.3 Å². The van der Waals surface area contributed by atoms with Crippen LogP contribution in [0.2, 0.25) is 0 Å². The van der Waals surface area contributed by atoms with Crippen molar-refractivity contribution in [1.82, 2.24) is 9.55 Å². The molecule has 4 rings (SSSR count). The Balaban J connectivity index is 1.88. The molecular weight excluding hydrogens is 342 g/mol. The number of aromatic amines is 1. The number of fused-ring (bicyclic) bond motifs is 1. The molecule has 27 heavy (non-hydrogen) atoms. The second-order valence-electron chi connectivity index (χ2n) is 6.23. The van der Waals surface area contributed by atoms with Crippen molar-refractivity contribution >= 4 is 23.6 Å². The van der Waals surface area contributed by atoms with E-state index in [2.05, 4.69) is 9.98 Å². The van der Waals surface area contributed by atoms with Crippen molar-refractivity contribution in [3.05, 3.63) is 86.1 Å². The third kappa shape index (κ3) is 2.91. The Hall–Kier alpha value is -3.67. The molecule has 0 spiro atoms. The maximum absolute atomic E-state index is 12.3. The van der Waals surface area contributed by atoms with Crippen LogP contribution in [0, 0.1) is 0 Å². The molecule has 3 aromatic rings. The number of aromatic nitrogens is 2. The molecule has 2 aromatic carbocycles. The first kappa shape index (κ1) is 16.8. The largest absolute Gasteiger partial charge is 0.494 e. The van der Waals surface area contributed by atoms with Gasteiger partial charge in [0, 0.05) is 17.4 Å². The second-order valence-corrected chi connectivity index (χ2v) is 6.23. The molecule has 0 saturated heterocycles. The number of hydrogen-bond donors (Lipinski definition) is 2. The summed E-state index contributed by atoms with van der Waals surface area (Å²) in [6, 6.07) is 14.7. The molecule has 0 radical (unpaired) electrons. The van der Waals surface area contributed by atoms with Crippen molar-refractivity contribution in [3.63, 3.8) is 0 Å². The number of nitrogens with zero attached hydrogens (tertiary/aromatic N) is 2. The molecule has 1 aromatic heterocycles. The van der Waals surface area contributed by atoms with Crippen molar-refractivity contribution in [2.24, 2.45) is 4.99 Å². The van der Waals surface area contributed by atoms with Gasteiger partial charge in [0.1, 0.15) is 5.56 Å². The molecule has 0 fully saturated rings. The third-order valence-electron chi connectivity index (χ3n) is 4.58. The summed E-state index contributed by atoms with van der Waals surface area (Å²) >= 11 is 0. The van der Waals surface area contributed by atoms with Crippen LogP contribution in [0.5, 0.6) is 5.88 Å². The Kier molecular flexibility index (Phi) is 4.08. The van der Waals surface area contributed by atoms with E-state index in [1.807, 2.05) is 43.3 Å². The van der Waals surface area contributed by atoms with Crippen molar-refractivity contribution in [1.29, 1.82) is 0 Å². The van der Waals surface area contributed by atoms with Gasteiger partial charge in [-0.05, 0) is 36.3 Å². The van der Waals surface area contributed by atoms with Crippen molar-refractivity contribution < 1.29 is 5.11 Å². The Labute approximate surface area is 154 Å². The van der Waals surface area contributed by atoms with Crippen LogP contribution in [0.15, 0.2) is 63.1 Å². The van der Waals surface area contributed by atoms with Crippen LogP contribution in [0.1, 0.15) is 23.6 Å². The molecule has 0 aliphatic carbocycles. The minimum atomic E-state index is -0.690. The molecule has 0 saturated carbocycles. The molecule has 0 unspecified atom stereocenters. The van der Waals surface area contributed by atoms with Gasteiger partial charge in [0.25, 0.3) is 5.56 Å². The summed E-state index contributed by atoms with van der Waals surface area (Å²) in [6.07, 6.45) is 4.04. The molecule has 1 aliphatic rings. The maximum Gasteiger partial charge on any atom is 0.335 e. The minimum absolute atomic E-state index is 0.00678. The molecule has 134 valence electrons. The Morgan fingerprint density at radius 2 is 1.85 bits per heavy atom. The molecule has 6 heteroatoms. The quantitative estimate of drug-likeness (QED) is 0.753. The molecule has 2 heterocycles. The van der Waals surface area contributed by atoms with Crippen LogP contribution in [0.3, 0.4) is 0 Å². The zero-order valence-electron chi connectivity index (χ0n) is 14.6. The summed E-state index contributed by atoms with van der Waals surface area (Å²) in [5.41, 5.74) is 2.60. The van der Waals surface area contributed by atoms with Gasteiger partial charge in [-0.25, -0.2) is 9.36 Å². The highest BCUT2D eigenvalue weighted by atomic mass is 16.3. The topological polar surface area (TPSA) is 87.4 Å². The molecule has 2 N–H and O–H groups in total. The van der Waals surface area contributed by atoms with E-state index in [-0.39, 0.29) is 5.56 Å². The fourth-order valence-corrected chi connectivity index (χ4v) is 3.10. The van der Waals surface area contributed by atoms with E-state index in [0.717, 1.165) is 27.8 Å². The zero-order valence-corrected chi connectivity index (χ0v) is 14.6. The van der Waals surface area contributed by atoms with Gasteiger partial charge < -0.3 is 5.11 Å². The summed E-state index contributed by atoms with van der Waals surface area (Å²) in [6.45, 7) is 2.03. The van der Waals surface area contributed by atoms with Crippen LogP contribution in [0.4, 0.5) is 5.69 Å². The fourth-order valence-electron chi connectivity index (χ4n) is 3.10. The average molecular weight is 359 g/mol. The lowest BCUT2D eigenvalue weighted by Gasteiger charge is -2.10. The van der Waals surface area contributed by atoms with Gasteiger partial charge in [-0.15, -0.1) is 0 Å². The van der Waals surface area contributed by atoms with Crippen LogP contribution in [-0.2, 0) is 6.42 Å². The first-order valence-electron chi connectivity index (χ1n) is 8.61. The van der Waals surface area contributed by atoms with Crippen LogP contribution in [0.25, 0.3) is 17.3 Å². The Bertz CT molecular complexity index is 1200. The highest BCUT2D eigenvalue weighted by molar-refractivity contribution is 6.21. The Morgan fingerprint density at radius 1 is 1.11 bits per heavy atom. The number of para-hydroxylation sites is 1. The van der Waals surface area contributed by atoms with Gasteiger partial charge in [0.2, 0.25) is 5.88 Å². The fraction of sp³-hybridized carbons (Fsp3) is 0.0952. The number of rotatable bonds is 3. The molecule has 1 aliphatic heterocycles. The van der Waals surface area contributed by atoms with Crippen molar-refractivity contribution in [2.75, 3.05) is 0 Å². The number of aryl methyl sites for hydroxylation is 1. The van der Waals surface area contributed by atoms with Gasteiger partial charge >= 0.3 is 5.69 Å². The maximum atomic E-state index is 12.3. The van der Waals surface area contributed by atoms with E-state index in [4.69, 9.17) is 0 Å². The summed E-state index contributed by atoms with van der Waals surface area (Å²) in [4.78, 5) is 31.2. The monoisotopic (exact) mass is 359 g/mol. The third-order valence-corrected chi connectivity index (χ3v) is 4.58. The molecule has 6 nitrogen and oxygen atoms in total. The second kappa shape index (κ2) is 6.57. The summed E-state index contributed by atoms with van der Waals surface area (Å²) in [5.74, 6) is -0.404. The van der Waals surface area contributed by atoms with Gasteiger partial charge in [0.05, 0.1) is 11.4 Å². The minimum Gasteiger partial charge on any atom is -0.494 e. The average Bonchev–Trinajstić information content (AvgIpc) is 3.08. The van der Waals surface area contributed by atoms with E-state index < -0.39 is 17.1 Å². The normalized spacial score (nSPS) is 13.9. The molecule has 0 amide bonds. The van der Waals surface area contributed by atoms with Crippen LogP contribution >= 0.6 is 0 Å². The van der Waals surface area contributed by atoms with E-state index >= 15 is 0 Å². The van der Waals surface area contributed by atoms with Gasteiger partial charge in [-0.2, -0.15) is 0 Å². The number of aliphatic imine (C=N–C) groups is 1. The zero-order chi connectivity index (χ0) is 19.0. The lowest BCUT2D eigenvalue weighted by atomic mass is 10.1. The first-order chi connectivity index (χ1) is 13.1. The van der Waals surface area contributed by atoms with E-state index in [1.54, 1.807) is 24.4 Å². The van der Waals surface area contributed by atoms with Crippen molar-refractivity contribution in [2.45, 2.75) is 13.3 Å². The number of benzene rings is 2. The highest BCUT2D eigenvalue weighted by Crippen LogP contribution is 2.32. The molecule has 0 bridgehead atoms. The first-order valence-corrected chi connectivity index (χ1v) is 8.61. The van der Waals surface area contributed by atoms with Gasteiger partial charge in [-0.3, -0.25) is 14.8 Å². The smallest absolute Gasteiger partial charge is 0.335 e. The van der Waals surface area contributed by atoms with Gasteiger partial charge in [-0.1, -0.05) is 37.3 Å². The summed E-state index contributed by atoms with van der Waals surface area (Å²) in [5, 5.41) is 10.7. The summed E-state index contributed by atoms with van der Waals surface area (Å²) < 4.78 is 1.09. The molecule has 0 atom stereocenters. The van der Waals surface area contributed by atoms with Gasteiger partial charge in [0.15, 0.2) is 0 Å².